The summed E-state index contributed by atoms with van der Waals surface area (Å²) in [7, 11) is 1.97. The van der Waals surface area contributed by atoms with Crippen LogP contribution in [0, 0.1) is 6.92 Å². The maximum absolute atomic E-state index is 4.53. The second kappa shape index (κ2) is 5.66. The molecule has 2 heteroatoms. The predicted molar refractivity (Wildman–Crippen MR) is 64.8 cm³/mol. The molecular weight excluding hydrogens is 184 g/mol. The van der Waals surface area contributed by atoms with Crippen LogP contribution in [0.1, 0.15) is 37.2 Å². The first kappa shape index (κ1) is 11.9. The highest BCUT2D eigenvalue weighted by Gasteiger charge is 2.11. The summed E-state index contributed by atoms with van der Waals surface area (Å²) in [6, 6.07) is 6.43. The number of nitrogens with zero attached hydrogens (tertiary/aromatic N) is 1. The number of hydrogen-bond acceptors (Lipinski definition) is 2. The van der Waals surface area contributed by atoms with Gasteiger partial charge in [0.2, 0.25) is 0 Å². The Kier molecular flexibility index (Phi) is 4.50. The lowest BCUT2D eigenvalue weighted by atomic mass is 10.0. The molecule has 1 aromatic heterocycles. The van der Waals surface area contributed by atoms with Crippen LogP contribution in [0.2, 0.25) is 0 Å². The Morgan fingerprint density at radius 2 is 2.27 bits per heavy atom. The van der Waals surface area contributed by atoms with Crippen molar-refractivity contribution < 1.29 is 0 Å². The van der Waals surface area contributed by atoms with Crippen molar-refractivity contribution in [3.05, 3.63) is 41.7 Å². The number of nitrogens with one attached hydrogen (secondary N) is 1. The number of aromatic nitrogens is 1. The molecular formula is C13H20N2. The quantitative estimate of drug-likeness (QED) is 0.746. The average Bonchev–Trinajstić information content (AvgIpc) is 2.25. The van der Waals surface area contributed by atoms with Gasteiger partial charge in [-0.25, -0.2) is 0 Å². The smallest absolute Gasteiger partial charge is 0.0579 e. The van der Waals surface area contributed by atoms with Crippen molar-refractivity contribution in [2.45, 2.75) is 32.7 Å². The summed E-state index contributed by atoms with van der Waals surface area (Å²) in [5, 5.41) is 3.29. The summed E-state index contributed by atoms with van der Waals surface area (Å²) < 4.78 is 0. The first-order valence-electron chi connectivity index (χ1n) is 5.44. The molecule has 0 aromatic carbocycles. The lowest BCUT2D eigenvalue weighted by Crippen LogP contribution is -2.18. The summed E-state index contributed by atoms with van der Waals surface area (Å²) in [4.78, 5) is 4.53. The van der Waals surface area contributed by atoms with Gasteiger partial charge >= 0.3 is 0 Å². The van der Waals surface area contributed by atoms with Gasteiger partial charge in [0.1, 0.15) is 0 Å². The van der Waals surface area contributed by atoms with Gasteiger partial charge in [-0.3, -0.25) is 4.98 Å². The number of hydrogen-bond donors (Lipinski definition) is 1. The molecule has 0 saturated carbocycles. The van der Waals surface area contributed by atoms with E-state index in [1.807, 2.05) is 20.0 Å². The molecule has 0 aliphatic heterocycles. The molecule has 0 fully saturated rings. The molecule has 0 amide bonds. The molecule has 1 rings (SSSR count). The molecule has 1 aromatic rings. The molecule has 0 spiro atoms. The van der Waals surface area contributed by atoms with E-state index in [-0.39, 0.29) is 6.04 Å². The highest BCUT2D eigenvalue weighted by molar-refractivity contribution is 5.15. The van der Waals surface area contributed by atoms with Crippen molar-refractivity contribution in [2.24, 2.45) is 0 Å². The molecule has 15 heavy (non-hydrogen) atoms. The Hall–Kier alpha value is -1.15. The Morgan fingerprint density at radius 3 is 2.80 bits per heavy atom. The van der Waals surface area contributed by atoms with Gasteiger partial charge in [0.25, 0.3) is 0 Å². The second-order valence-electron chi connectivity index (χ2n) is 3.85. The van der Waals surface area contributed by atoms with Gasteiger partial charge in [-0.2, -0.15) is 0 Å². The molecule has 1 N–H and O–H groups in total. The zero-order valence-corrected chi connectivity index (χ0v) is 9.88. The van der Waals surface area contributed by atoms with Crippen LogP contribution in [0.25, 0.3) is 0 Å². The van der Waals surface area contributed by atoms with E-state index in [4.69, 9.17) is 0 Å². The summed E-state index contributed by atoms with van der Waals surface area (Å²) in [6.45, 7) is 8.20. The van der Waals surface area contributed by atoms with E-state index >= 15 is 0 Å². The zero-order valence-electron chi connectivity index (χ0n) is 9.88. The number of rotatable bonds is 5. The van der Waals surface area contributed by atoms with Gasteiger partial charge < -0.3 is 5.32 Å². The largest absolute Gasteiger partial charge is 0.311 e. The van der Waals surface area contributed by atoms with Crippen molar-refractivity contribution in [1.82, 2.24) is 10.3 Å². The third-order valence-electron chi connectivity index (χ3n) is 2.61. The lowest BCUT2D eigenvalue weighted by molar-refractivity contribution is 0.566. The van der Waals surface area contributed by atoms with Crippen molar-refractivity contribution in [1.29, 1.82) is 0 Å². The number of pyridine rings is 1. The SMILES string of the molecule is C=C(CC)CC(NC)c1cccc(C)n1. The first-order chi connectivity index (χ1) is 7.17. The molecule has 0 saturated heterocycles. The molecule has 0 aliphatic carbocycles. The topological polar surface area (TPSA) is 24.9 Å². The van der Waals surface area contributed by atoms with E-state index in [2.05, 4.69) is 35.9 Å². The summed E-state index contributed by atoms with van der Waals surface area (Å²) in [5.74, 6) is 0. The molecule has 82 valence electrons. The molecule has 0 bridgehead atoms. The van der Waals surface area contributed by atoms with Crippen LogP contribution in [0.15, 0.2) is 30.4 Å². The fourth-order valence-corrected chi connectivity index (χ4v) is 1.55. The standard InChI is InChI=1S/C13H20N2/c1-5-10(2)9-13(14-4)12-8-6-7-11(3)15-12/h6-8,13-14H,2,5,9H2,1,3-4H3. The van der Waals surface area contributed by atoms with Crippen molar-refractivity contribution in [2.75, 3.05) is 7.05 Å². The van der Waals surface area contributed by atoms with Crippen LogP contribution < -0.4 is 5.32 Å². The van der Waals surface area contributed by atoms with Gasteiger partial charge in [0.15, 0.2) is 0 Å². The van der Waals surface area contributed by atoms with Gasteiger partial charge in [0.05, 0.1) is 11.7 Å². The molecule has 2 nitrogen and oxygen atoms in total. The monoisotopic (exact) mass is 204 g/mol. The van der Waals surface area contributed by atoms with Crippen LogP contribution >= 0.6 is 0 Å². The molecule has 1 atom stereocenters. The van der Waals surface area contributed by atoms with E-state index in [9.17, 15) is 0 Å². The molecule has 1 unspecified atom stereocenters. The third kappa shape index (κ3) is 3.48. The minimum atomic E-state index is 0.289. The first-order valence-corrected chi connectivity index (χ1v) is 5.44. The molecule has 0 radical (unpaired) electrons. The molecule has 1 heterocycles. The third-order valence-corrected chi connectivity index (χ3v) is 2.61. The normalized spacial score (nSPS) is 12.5. The maximum Gasteiger partial charge on any atom is 0.0579 e. The predicted octanol–water partition coefficient (Wildman–Crippen LogP) is 3.01. The molecule has 0 aliphatic rings. The van der Waals surface area contributed by atoms with Crippen molar-refractivity contribution in [3.63, 3.8) is 0 Å². The van der Waals surface area contributed by atoms with E-state index in [1.54, 1.807) is 0 Å². The summed E-state index contributed by atoms with van der Waals surface area (Å²) in [5.41, 5.74) is 3.43. The Balaban J connectivity index is 2.78. The van der Waals surface area contributed by atoms with Crippen LogP contribution in [-0.2, 0) is 0 Å². The van der Waals surface area contributed by atoms with E-state index in [0.29, 0.717) is 0 Å². The van der Waals surface area contributed by atoms with Gasteiger partial charge in [-0.1, -0.05) is 25.1 Å². The number of aryl methyl sites for hydroxylation is 1. The van der Waals surface area contributed by atoms with Crippen LogP contribution in [0.4, 0.5) is 0 Å². The van der Waals surface area contributed by atoms with Gasteiger partial charge in [0, 0.05) is 5.69 Å². The maximum atomic E-state index is 4.53. The fraction of sp³-hybridized carbons (Fsp3) is 0.462. The Labute approximate surface area is 92.4 Å². The average molecular weight is 204 g/mol. The van der Waals surface area contributed by atoms with Gasteiger partial charge in [-0.05, 0) is 38.9 Å². The zero-order chi connectivity index (χ0) is 11.3. The van der Waals surface area contributed by atoms with Gasteiger partial charge in [-0.15, -0.1) is 0 Å². The fourth-order valence-electron chi connectivity index (χ4n) is 1.55. The Bertz CT molecular complexity index is 331. The Morgan fingerprint density at radius 1 is 1.53 bits per heavy atom. The van der Waals surface area contributed by atoms with E-state index in [1.165, 1.54) is 5.57 Å². The van der Waals surface area contributed by atoms with E-state index in [0.717, 1.165) is 24.2 Å². The summed E-state index contributed by atoms with van der Waals surface area (Å²) >= 11 is 0. The highest BCUT2D eigenvalue weighted by atomic mass is 14.9. The van der Waals surface area contributed by atoms with Crippen LogP contribution in [0.3, 0.4) is 0 Å². The second-order valence-corrected chi connectivity index (χ2v) is 3.85. The van der Waals surface area contributed by atoms with Crippen LogP contribution in [-0.4, -0.2) is 12.0 Å². The van der Waals surface area contributed by atoms with Crippen LogP contribution in [0.5, 0.6) is 0 Å². The lowest BCUT2D eigenvalue weighted by Gasteiger charge is -2.16. The van der Waals surface area contributed by atoms with E-state index < -0.39 is 0 Å². The van der Waals surface area contributed by atoms with Crippen molar-refractivity contribution >= 4 is 0 Å². The van der Waals surface area contributed by atoms with Crippen molar-refractivity contribution in [3.8, 4) is 0 Å². The minimum Gasteiger partial charge on any atom is -0.311 e. The highest BCUT2D eigenvalue weighted by Crippen LogP contribution is 2.19. The minimum absolute atomic E-state index is 0.289. The summed E-state index contributed by atoms with van der Waals surface area (Å²) in [6.07, 6.45) is 1.99.